The Morgan fingerprint density at radius 3 is 2.89 bits per heavy atom. The lowest BCUT2D eigenvalue weighted by Crippen LogP contribution is -2.46. The van der Waals surface area contributed by atoms with E-state index < -0.39 is 0 Å². The summed E-state index contributed by atoms with van der Waals surface area (Å²) in [6, 6.07) is 3.44. The van der Waals surface area contributed by atoms with Crippen LogP contribution in [0.15, 0.2) is 18.3 Å². The largest absolute Gasteiger partial charge is 0.351 e. The van der Waals surface area contributed by atoms with Gasteiger partial charge in [-0.15, -0.1) is 0 Å². The summed E-state index contributed by atoms with van der Waals surface area (Å²) in [5, 5.41) is 0. The topological polar surface area (TPSA) is 42.2 Å². The zero-order valence-corrected chi connectivity index (χ0v) is 11.0. The molecule has 0 bridgehead atoms. The van der Waals surface area contributed by atoms with E-state index in [2.05, 4.69) is 16.8 Å². The highest BCUT2D eigenvalue weighted by atomic mass is 19.1. The molecule has 0 saturated heterocycles. The van der Waals surface area contributed by atoms with Crippen LogP contribution in [0.25, 0.3) is 0 Å². The van der Waals surface area contributed by atoms with Crippen LogP contribution in [0.1, 0.15) is 32.6 Å². The molecule has 1 saturated carbocycles. The summed E-state index contributed by atoms with van der Waals surface area (Å²) in [5.41, 5.74) is 5.86. The molecule has 18 heavy (non-hydrogen) atoms. The molecule has 0 aliphatic heterocycles. The molecule has 1 aromatic rings. The number of pyridine rings is 1. The first-order valence-corrected chi connectivity index (χ1v) is 6.85. The molecule has 4 heteroatoms. The van der Waals surface area contributed by atoms with Crippen LogP contribution >= 0.6 is 0 Å². The Labute approximate surface area is 108 Å². The van der Waals surface area contributed by atoms with E-state index in [0.29, 0.717) is 24.3 Å². The highest BCUT2D eigenvalue weighted by Crippen LogP contribution is 2.31. The van der Waals surface area contributed by atoms with Crippen molar-refractivity contribution in [3.05, 3.63) is 24.1 Å². The SMILES string of the molecule is CCN(c1ncccc1F)C1CCCCC1CN. The van der Waals surface area contributed by atoms with E-state index in [4.69, 9.17) is 5.73 Å². The maximum Gasteiger partial charge on any atom is 0.165 e. The molecule has 0 spiro atoms. The minimum absolute atomic E-state index is 0.235. The van der Waals surface area contributed by atoms with Gasteiger partial charge in [-0.25, -0.2) is 9.37 Å². The van der Waals surface area contributed by atoms with Gasteiger partial charge in [0, 0.05) is 18.8 Å². The second kappa shape index (κ2) is 6.14. The van der Waals surface area contributed by atoms with E-state index in [-0.39, 0.29) is 5.82 Å². The number of halogens is 1. The van der Waals surface area contributed by atoms with Crippen LogP contribution in [0.3, 0.4) is 0 Å². The average Bonchev–Trinajstić information content (AvgIpc) is 2.42. The summed E-state index contributed by atoms with van der Waals surface area (Å²) >= 11 is 0. The number of nitrogens with two attached hydrogens (primary N) is 1. The molecule has 0 aromatic carbocycles. The number of hydrogen-bond donors (Lipinski definition) is 1. The Morgan fingerprint density at radius 2 is 2.22 bits per heavy atom. The van der Waals surface area contributed by atoms with Crippen molar-refractivity contribution in [1.82, 2.24) is 4.98 Å². The first kappa shape index (κ1) is 13.3. The van der Waals surface area contributed by atoms with E-state index in [1.54, 1.807) is 12.3 Å². The Morgan fingerprint density at radius 1 is 1.44 bits per heavy atom. The van der Waals surface area contributed by atoms with Gasteiger partial charge in [-0.1, -0.05) is 12.8 Å². The maximum atomic E-state index is 13.9. The van der Waals surface area contributed by atoms with Crippen molar-refractivity contribution in [2.75, 3.05) is 18.0 Å². The van der Waals surface area contributed by atoms with Gasteiger partial charge in [0.2, 0.25) is 0 Å². The van der Waals surface area contributed by atoms with E-state index in [9.17, 15) is 4.39 Å². The molecule has 2 N–H and O–H groups in total. The molecule has 2 atom stereocenters. The number of aromatic nitrogens is 1. The van der Waals surface area contributed by atoms with Crippen molar-refractivity contribution < 1.29 is 4.39 Å². The Bertz CT molecular complexity index is 383. The van der Waals surface area contributed by atoms with Crippen LogP contribution in [0.2, 0.25) is 0 Å². The van der Waals surface area contributed by atoms with Crippen LogP contribution in [0.5, 0.6) is 0 Å². The minimum atomic E-state index is -0.235. The van der Waals surface area contributed by atoms with E-state index >= 15 is 0 Å². The summed E-state index contributed by atoms with van der Waals surface area (Å²) in [5.74, 6) is 0.700. The van der Waals surface area contributed by atoms with Crippen molar-refractivity contribution in [3.8, 4) is 0 Å². The fraction of sp³-hybridized carbons (Fsp3) is 0.643. The van der Waals surface area contributed by atoms with Gasteiger partial charge in [-0.2, -0.15) is 0 Å². The summed E-state index contributed by atoms with van der Waals surface area (Å²) in [7, 11) is 0. The molecule has 0 radical (unpaired) electrons. The minimum Gasteiger partial charge on any atom is -0.351 e. The molecule has 2 unspecified atom stereocenters. The third-order valence-corrected chi connectivity index (χ3v) is 3.92. The van der Waals surface area contributed by atoms with Gasteiger partial charge in [-0.05, 0) is 44.4 Å². The number of nitrogens with zero attached hydrogens (tertiary/aromatic N) is 2. The molecule has 1 heterocycles. The lowest BCUT2D eigenvalue weighted by molar-refractivity contribution is 0.298. The maximum absolute atomic E-state index is 13.9. The molecule has 1 aliphatic carbocycles. The van der Waals surface area contributed by atoms with Gasteiger partial charge in [-0.3, -0.25) is 0 Å². The zero-order chi connectivity index (χ0) is 13.0. The lowest BCUT2D eigenvalue weighted by Gasteiger charge is -2.40. The molecule has 100 valence electrons. The molecule has 0 amide bonds. The van der Waals surface area contributed by atoms with Gasteiger partial charge in [0.25, 0.3) is 0 Å². The smallest absolute Gasteiger partial charge is 0.165 e. The molecular formula is C14H22FN3. The standard InChI is InChI=1S/C14H22FN3/c1-2-18(14-12(15)7-5-9-17-14)13-8-4-3-6-11(13)10-16/h5,7,9,11,13H,2-4,6,8,10,16H2,1H3. The second-order valence-electron chi connectivity index (χ2n) is 4.94. The summed E-state index contributed by atoms with van der Waals surface area (Å²) in [6.07, 6.45) is 6.33. The first-order chi connectivity index (χ1) is 8.77. The highest BCUT2D eigenvalue weighted by molar-refractivity contribution is 5.41. The first-order valence-electron chi connectivity index (χ1n) is 6.85. The normalized spacial score (nSPS) is 23.9. The molecule has 1 aromatic heterocycles. The van der Waals surface area contributed by atoms with Gasteiger partial charge in [0.15, 0.2) is 11.6 Å². The van der Waals surface area contributed by atoms with Crippen LogP contribution in [0, 0.1) is 11.7 Å². The fourth-order valence-electron chi connectivity index (χ4n) is 3.00. The summed E-state index contributed by atoms with van der Waals surface area (Å²) in [6.45, 7) is 3.50. The molecular weight excluding hydrogens is 229 g/mol. The van der Waals surface area contributed by atoms with Crippen molar-refractivity contribution in [2.24, 2.45) is 11.7 Å². The average molecular weight is 251 g/mol. The molecule has 1 fully saturated rings. The van der Waals surface area contributed by atoms with Crippen LogP contribution < -0.4 is 10.6 Å². The van der Waals surface area contributed by atoms with Gasteiger partial charge >= 0.3 is 0 Å². The van der Waals surface area contributed by atoms with E-state index in [1.165, 1.54) is 18.9 Å². The van der Waals surface area contributed by atoms with Crippen molar-refractivity contribution in [2.45, 2.75) is 38.6 Å². The monoisotopic (exact) mass is 251 g/mol. The van der Waals surface area contributed by atoms with Crippen molar-refractivity contribution in [3.63, 3.8) is 0 Å². The van der Waals surface area contributed by atoms with Crippen LogP contribution in [-0.2, 0) is 0 Å². The van der Waals surface area contributed by atoms with E-state index in [0.717, 1.165) is 19.4 Å². The predicted molar refractivity (Wildman–Crippen MR) is 72.0 cm³/mol. The third kappa shape index (κ3) is 2.64. The van der Waals surface area contributed by atoms with Gasteiger partial charge in [0.05, 0.1) is 0 Å². The van der Waals surface area contributed by atoms with Gasteiger partial charge in [0.1, 0.15) is 0 Å². The Balaban J connectivity index is 2.24. The van der Waals surface area contributed by atoms with Crippen molar-refractivity contribution in [1.29, 1.82) is 0 Å². The zero-order valence-electron chi connectivity index (χ0n) is 11.0. The third-order valence-electron chi connectivity index (χ3n) is 3.92. The molecule has 3 nitrogen and oxygen atoms in total. The van der Waals surface area contributed by atoms with E-state index in [1.807, 2.05) is 0 Å². The molecule has 2 rings (SSSR count). The second-order valence-corrected chi connectivity index (χ2v) is 4.94. The Kier molecular flexibility index (Phi) is 4.53. The fourth-order valence-corrected chi connectivity index (χ4v) is 3.00. The summed E-state index contributed by atoms with van der Waals surface area (Å²) in [4.78, 5) is 6.29. The number of rotatable bonds is 4. The summed E-state index contributed by atoms with van der Waals surface area (Å²) < 4.78 is 13.9. The predicted octanol–water partition coefficient (Wildman–Crippen LogP) is 2.56. The Hall–Kier alpha value is -1.16. The van der Waals surface area contributed by atoms with Gasteiger partial charge < -0.3 is 10.6 Å². The quantitative estimate of drug-likeness (QED) is 0.894. The lowest BCUT2D eigenvalue weighted by atomic mass is 9.83. The number of hydrogen-bond acceptors (Lipinski definition) is 3. The molecule has 1 aliphatic rings. The van der Waals surface area contributed by atoms with Crippen LogP contribution in [-0.4, -0.2) is 24.1 Å². The highest BCUT2D eigenvalue weighted by Gasteiger charge is 2.30. The van der Waals surface area contributed by atoms with Crippen molar-refractivity contribution >= 4 is 5.82 Å². The number of anilines is 1. The van der Waals surface area contributed by atoms with Crippen LogP contribution in [0.4, 0.5) is 10.2 Å².